The van der Waals surface area contributed by atoms with Gasteiger partial charge in [-0.05, 0) is 69.2 Å². The summed E-state index contributed by atoms with van der Waals surface area (Å²) in [5.41, 5.74) is 1.27. The Labute approximate surface area is 166 Å². The van der Waals surface area contributed by atoms with Crippen molar-refractivity contribution in [2.75, 3.05) is 11.4 Å². The van der Waals surface area contributed by atoms with Gasteiger partial charge in [0.1, 0.15) is 0 Å². The van der Waals surface area contributed by atoms with E-state index < -0.39 is 10.0 Å². The first-order valence-electron chi connectivity index (χ1n) is 8.65. The molecule has 2 rings (SSSR count). The summed E-state index contributed by atoms with van der Waals surface area (Å²) in [6.45, 7) is 7.68. The van der Waals surface area contributed by atoms with Gasteiger partial charge in [0, 0.05) is 23.2 Å². The summed E-state index contributed by atoms with van der Waals surface area (Å²) < 4.78 is 27.1. The van der Waals surface area contributed by atoms with Crippen LogP contribution in [-0.2, 0) is 10.0 Å². The van der Waals surface area contributed by atoms with Gasteiger partial charge in [-0.25, -0.2) is 8.42 Å². The van der Waals surface area contributed by atoms with Crippen LogP contribution in [-0.4, -0.2) is 26.9 Å². The van der Waals surface area contributed by atoms with Crippen LogP contribution in [0, 0.1) is 6.92 Å². The number of amides is 1. The van der Waals surface area contributed by atoms with E-state index in [9.17, 15) is 13.2 Å². The van der Waals surface area contributed by atoms with Gasteiger partial charge in [-0.3, -0.25) is 9.10 Å². The molecule has 0 aliphatic heterocycles. The van der Waals surface area contributed by atoms with Crippen LogP contribution in [0.4, 0.5) is 5.69 Å². The van der Waals surface area contributed by atoms with Crippen LogP contribution < -0.4 is 9.62 Å². The fourth-order valence-electron chi connectivity index (χ4n) is 2.45. The Morgan fingerprint density at radius 1 is 1.15 bits per heavy atom. The first-order chi connectivity index (χ1) is 12.5. The number of nitrogens with one attached hydrogen (secondary N) is 1. The van der Waals surface area contributed by atoms with Crippen molar-refractivity contribution in [2.24, 2.45) is 0 Å². The SMILES string of the molecule is CCC(C)(C)NC(=O)c1ccc(C)c(N(C)S(=O)(=O)c2ccc(Cl)cc2)c1. The molecule has 0 aromatic heterocycles. The first kappa shape index (κ1) is 21.3. The number of aryl methyl sites for hydroxylation is 1. The minimum Gasteiger partial charge on any atom is -0.347 e. The van der Waals surface area contributed by atoms with Crippen LogP contribution in [0.25, 0.3) is 0 Å². The molecule has 0 atom stereocenters. The quantitative estimate of drug-likeness (QED) is 0.770. The van der Waals surface area contributed by atoms with Crippen LogP contribution in [0.15, 0.2) is 47.4 Å². The third-order valence-electron chi connectivity index (χ3n) is 4.62. The van der Waals surface area contributed by atoms with Gasteiger partial charge >= 0.3 is 0 Å². The normalized spacial score (nSPS) is 11.9. The molecule has 0 aliphatic rings. The maximum Gasteiger partial charge on any atom is 0.264 e. The number of hydrogen-bond acceptors (Lipinski definition) is 3. The number of halogens is 1. The number of carbonyl (C=O) groups is 1. The standard InChI is InChI=1S/C20H25ClN2O3S/c1-6-20(3,4)22-19(24)15-8-7-14(2)18(13-15)23(5)27(25,26)17-11-9-16(21)10-12-17/h7-13H,6H2,1-5H3,(H,22,24). The molecule has 0 spiro atoms. The number of rotatable bonds is 6. The molecule has 7 heteroatoms. The second kappa shape index (κ2) is 7.90. The van der Waals surface area contributed by atoms with E-state index in [0.717, 1.165) is 12.0 Å². The predicted molar refractivity (Wildman–Crippen MR) is 110 cm³/mol. The molecule has 0 heterocycles. The monoisotopic (exact) mass is 408 g/mol. The summed E-state index contributed by atoms with van der Waals surface area (Å²) in [5, 5.41) is 3.43. The van der Waals surface area contributed by atoms with Crippen molar-refractivity contribution in [2.45, 2.75) is 44.6 Å². The molecule has 0 fully saturated rings. The highest BCUT2D eigenvalue weighted by molar-refractivity contribution is 7.92. The Bertz CT molecular complexity index is 938. The molecular weight excluding hydrogens is 384 g/mol. The van der Waals surface area contributed by atoms with Crippen molar-refractivity contribution in [3.63, 3.8) is 0 Å². The number of sulfonamides is 1. The van der Waals surface area contributed by atoms with Gasteiger partial charge in [0.25, 0.3) is 15.9 Å². The lowest BCUT2D eigenvalue weighted by atomic mass is 10.0. The minimum absolute atomic E-state index is 0.135. The van der Waals surface area contributed by atoms with Crippen molar-refractivity contribution in [1.29, 1.82) is 0 Å². The number of anilines is 1. The summed E-state index contributed by atoms with van der Waals surface area (Å²) in [6, 6.07) is 11.0. The van der Waals surface area contributed by atoms with E-state index in [1.807, 2.05) is 20.8 Å². The summed E-state index contributed by atoms with van der Waals surface area (Å²) in [4.78, 5) is 12.7. The lowest BCUT2D eigenvalue weighted by Crippen LogP contribution is -2.42. The van der Waals surface area contributed by atoms with Gasteiger partial charge in [-0.1, -0.05) is 24.6 Å². The fraction of sp³-hybridized carbons (Fsp3) is 0.350. The Kier molecular flexibility index (Phi) is 6.22. The van der Waals surface area contributed by atoms with Crippen molar-refractivity contribution in [3.05, 3.63) is 58.6 Å². The smallest absolute Gasteiger partial charge is 0.264 e. The van der Waals surface area contributed by atoms with Crippen LogP contribution >= 0.6 is 11.6 Å². The number of carbonyl (C=O) groups excluding carboxylic acids is 1. The van der Waals surface area contributed by atoms with E-state index in [4.69, 9.17) is 11.6 Å². The summed E-state index contributed by atoms with van der Waals surface area (Å²) in [7, 11) is -2.29. The molecule has 0 unspecified atom stereocenters. The van der Waals surface area contributed by atoms with E-state index >= 15 is 0 Å². The lowest BCUT2D eigenvalue weighted by molar-refractivity contribution is 0.0911. The third kappa shape index (κ3) is 4.82. The summed E-state index contributed by atoms with van der Waals surface area (Å²) in [5.74, 6) is -0.236. The van der Waals surface area contributed by atoms with Crippen LogP contribution in [0.2, 0.25) is 5.02 Å². The molecule has 2 aromatic rings. The molecule has 0 radical (unpaired) electrons. The average Bonchev–Trinajstić information content (AvgIpc) is 2.61. The van der Waals surface area contributed by atoms with Crippen molar-refractivity contribution in [1.82, 2.24) is 5.32 Å². The number of hydrogen-bond donors (Lipinski definition) is 1. The topological polar surface area (TPSA) is 66.5 Å². The van der Waals surface area contributed by atoms with Crippen LogP contribution in [0.1, 0.15) is 43.1 Å². The third-order valence-corrected chi connectivity index (χ3v) is 6.66. The maximum absolute atomic E-state index is 12.9. The first-order valence-corrected chi connectivity index (χ1v) is 10.5. The summed E-state index contributed by atoms with van der Waals surface area (Å²) in [6.07, 6.45) is 0.780. The summed E-state index contributed by atoms with van der Waals surface area (Å²) >= 11 is 5.85. The molecule has 0 aliphatic carbocycles. The van der Waals surface area contributed by atoms with Crippen molar-refractivity contribution in [3.8, 4) is 0 Å². The van der Waals surface area contributed by atoms with E-state index in [0.29, 0.717) is 16.3 Å². The van der Waals surface area contributed by atoms with Gasteiger partial charge in [0.2, 0.25) is 0 Å². The van der Waals surface area contributed by atoms with E-state index in [2.05, 4.69) is 5.32 Å². The Balaban J connectivity index is 2.40. The predicted octanol–water partition coefficient (Wildman–Crippen LogP) is 4.39. The molecular formula is C20H25ClN2O3S. The number of benzene rings is 2. The van der Waals surface area contributed by atoms with E-state index in [1.54, 1.807) is 25.1 Å². The zero-order valence-electron chi connectivity index (χ0n) is 16.2. The maximum atomic E-state index is 12.9. The van der Waals surface area contributed by atoms with Crippen molar-refractivity contribution < 1.29 is 13.2 Å². The number of nitrogens with zero attached hydrogens (tertiary/aromatic N) is 1. The van der Waals surface area contributed by atoms with Gasteiger partial charge in [-0.15, -0.1) is 0 Å². The molecule has 146 valence electrons. The van der Waals surface area contributed by atoms with Crippen molar-refractivity contribution >= 4 is 33.2 Å². The molecule has 5 nitrogen and oxygen atoms in total. The minimum atomic E-state index is -3.77. The molecule has 0 saturated carbocycles. The molecule has 1 amide bonds. The second-order valence-electron chi connectivity index (χ2n) is 7.12. The Hall–Kier alpha value is -2.05. The van der Waals surface area contributed by atoms with Crippen LogP contribution in [0.3, 0.4) is 0 Å². The van der Waals surface area contributed by atoms with E-state index in [-0.39, 0.29) is 16.3 Å². The zero-order valence-corrected chi connectivity index (χ0v) is 17.8. The van der Waals surface area contributed by atoms with E-state index in [1.165, 1.54) is 35.6 Å². The Morgan fingerprint density at radius 2 is 1.74 bits per heavy atom. The molecule has 1 N–H and O–H groups in total. The van der Waals surface area contributed by atoms with Gasteiger partial charge < -0.3 is 5.32 Å². The second-order valence-corrected chi connectivity index (χ2v) is 9.52. The Morgan fingerprint density at radius 3 is 2.30 bits per heavy atom. The largest absolute Gasteiger partial charge is 0.347 e. The molecule has 27 heavy (non-hydrogen) atoms. The highest BCUT2D eigenvalue weighted by Gasteiger charge is 2.24. The average molecular weight is 409 g/mol. The van der Waals surface area contributed by atoms with Gasteiger partial charge in [0.15, 0.2) is 0 Å². The molecule has 0 bridgehead atoms. The van der Waals surface area contributed by atoms with Gasteiger partial charge in [0.05, 0.1) is 10.6 Å². The fourth-order valence-corrected chi connectivity index (χ4v) is 3.83. The molecule has 2 aromatic carbocycles. The zero-order chi connectivity index (χ0) is 20.4. The van der Waals surface area contributed by atoms with Crippen LogP contribution in [0.5, 0.6) is 0 Å². The highest BCUT2D eigenvalue weighted by Crippen LogP contribution is 2.27. The molecule has 0 saturated heterocycles. The lowest BCUT2D eigenvalue weighted by Gasteiger charge is -2.25. The van der Waals surface area contributed by atoms with Gasteiger partial charge in [-0.2, -0.15) is 0 Å². The highest BCUT2D eigenvalue weighted by atomic mass is 35.5.